The molecule has 0 aromatic rings. The second-order valence-corrected chi connectivity index (χ2v) is 3.85. The van der Waals surface area contributed by atoms with Crippen LogP contribution in [0.5, 0.6) is 0 Å². The minimum Gasteiger partial charge on any atom is -0.613 e. The van der Waals surface area contributed by atoms with E-state index in [0.29, 0.717) is 0 Å². The first kappa shape index (κ1) is 17.2. The first-order valence-corrected chi connectivity index (χ1v) is 4.52. The zero-order valence-electron chi connectivity index (χ0n) is 10.3. The maximum absolute atomic E-state index is 11.3. The molecule has 0 rings (SSSR count). The van der Waals surface area contributed by atoms with E-state index in [1.807, 2.05) is 0 Å². The van der Waals surface area contributed by atoms with Crippen molar-refractivity contribution in [3.05, 3.63) is 11.5 Å². The molecular formula is C10H17NaO4. The molecule has 0 radical (unpaired) electrons. The van der Waals surface area contributed by atoms with E-state index in [0.717, 1.165) is 0 Å². The average molecular weight is 224 g/mol. The van der Waals surface area contributed by atoms with Crippen LogP contribution in [0.15, 0.2) is 11.5 Å². The second kappa shape index (κ2) is 7.14. The summed E-state index contributed by atoms with van der Waals surface area (Å²) in [7, 11) is 0. The third kappa shape index (κ3) is 7.71. The quantitative estimate of drug-likeness (QED) is 0.240. The summed E-state index contributed by atoms with van der Waals surface area (Å²) in [6.45, 7) is 8.54. The Bertz CT molecular complexity index is 240. The first-order valence-electron chi connectivity index (χ1n) is 4.52. The number of rotatable bonds is 3. The zero-order chi connectivity index (χ0) is 11.4. The van der Waals surface area contributed by atoms with Gasteiger partial charge in [-0.3, -0.25) is 0 Å². The maximum Gasteiger partial charge on any atom is 1.00 e. The molecule has 0 aliphatic heterocycles. The maximum atomic E-state index is 11.3. The van der Waals surface area contributed by atoms with Crippen LogP contribution >= 0.6 is 0 Å². The standard InChI is InChI=1S/C10H18O4.Na/c1-6-13-8(11)7(2)9(12)14-10(3,4)5;/h11H,6H2,1-5H3;/q;+1/p-1/b8-7-;. The normalized spacial score (nSPS) is 12.3. The number of carbonyl (C=O) groups excluding carboxylic acids is 1. The fraction of sp³-hybridized carbons (Fsp3) is 0.700. The molecule has 0 spiro atoms. The molecule has 0 saturated heterocycles. The van der Waals surface area contributed by atoms with Gasteiger partial charge in [0, 0.05) is 0 Å². The SMILES string of the molecule is CCO/C([O-])=C(/C)C(=O)OC(C)(C)C.[Na+]. The summed E-state index contributed by atoms with van der Waals surface area (Å²) in [4.78, 5) is 11.3. The van der Waals surface area contributed by atoms with Gasteiger partial charge in [-0.15, -0.1) is 0 Å². The molecule has 0 aliphatic carbocycles. The van der Waals surface area contributed by atoms with Crippen LogP contribution in [0.4, 0.5) is 0 Å². The molecule has 0 amide bonds. The van der Waals surface area contributed by atoms with E-state index in [4.69, 9.17) is 4.74 Å². The van der Waals surface area contributed by atoms with Crippen LogP contribution in [-0.2, 0) is 14.3 Å². The van der Waals surface area contributed by atoms with E-state index in [1.165, 1.54) is 6.92 Å². The Labute approximate surface area is 113 Å². The summed E-state index contributed by atoms with van der Waals surface area (Å²) >= 11 is 0. The number of carbonyl (C=O) groups is 1. The van der Waals surface area contributed by atoms with Gasteiger partial charge in [0.1, 0.15) is 5.60 Å². The molecule has 4 nitrogen and oxygen atoms in total. The molecule has 5 heteroatoms. The average Bonchev–Trinajstić information content (AvgIpc) is 2.00. The molecule has 0 N–H and O–H groups in total. The van der Waals surface area contributed by atoms with Crippen molar-refractivity contribution in [2.75, 3.05) is 6.61 Å². The van der Waals surface area contributed by atoms with Crippen molar-refractivity contribution in [3.63, 3.8) is 0 Å². The van der Waals surface area contributed by atoms with Crippen LogP contribution in [0, 0.1) is 0 Å². The molecule has 0 aliphatic rings. The van der Waals surface area contributed by atoms with Crippen molar-refractivity contribution < 1.29 is 48.9 Å². The van der Waals surface area contributed by atoms with Gasteiger partial charge in [0.05, 0.1) is 11.5 Å². The minimum absolute atomic E-state index is 0. The molecule has 0 bridgehead atoms. The molecule has 0 atom stereocenters. The molecule has 0 aromatic carbocycles. The summed E-state index contributed by atoms with van der Waals surface area (Å²) in [5, 5.41) is 11.1. The number of hydrogen-bond acceptors (Lipinski definition) is 4. The predicted octanol–water partition coefficient (Wildman–Crippen LogP) is -2.04. The number of esters is 1. The summed E-state index contributed by atoms with van der Waals surface area (Å²) in [5.74, 6) is -1.25. The molecule has 0 unspecified atom stereocenters. The fourth-order valence-corrected chi connectivity index (χ4v) is 0.677. The van der Waals surface area contributed by atoms with Crippen LogP contribution in [0.2, 0.25) is 0 Å². The van der Waals surface area contributed by atoms with Crippen LogP contribution in [0.1, 0.15) is 34.6 Å². The van der Waals surface area contributed by atoms with Crippen LogP contribution in [0.3, 0.4) is 0 Å². The van der Waals surface area contributed by atoms with E-state index in [1.54, 1.807) is 27.7 Å². The summed E-state index contributed by atoms with van der Waals surface area (Å²) in [6.07, 6.45) is 0. The van der Waals surface area contributed by atoms with Gasteiger partial charge in [0.15, 0.2) is 0 Å². The summed E-state index contributed by atoms with van der Waals surface area (Å²) < 4.78 is 9.65. The smallest absolute Gasteiger partial charge is 0.613 e. The van der Waals surface area contributed by atoms with Gasteiger partial charge in [-0.2, -0.15) is 0 Å². The van der Waals surface area contributed by atoms with Crippen LogP contribution in [-0.4, -0.2) is 18.2 Å². The van der Waals surface area contributed by atoms with Gasteiger partial charge in [0.2, 0.25) is 0 Å². The van der Waals surface area contributed by atoms with Crippen molar-refractivity contribution in [1.82, 2.24) is 0 Å². The molecule has 0 fully saturated rings. The van der Waals surface area contributed by atoms with Crippen LogP contribution < -0.4 is 34.7 Å². The second-order valence-electron chi connectivity index (χ2n) is 3.85. The third-order valence-corrected chi connectivity index (χ3v) is 1.29. The van der Waals surface area contributed by atoms with E-state index >= 15 is 0 Å². The minimum atomic E-state index is -0.629. The Morgan fingerprint density at radius 1 is 1.33 bits per heavy atom. The Kier molecular flexibility index (Phi) is 8.20. The first-order chi connectivity index (χ1) is 6.28. The van der Waals surface area contributed by atoms with Crippen molar-refractivity contribution in [2.24, 2.45) is 0 Å². The Morgan fingerprint density at radius 3 is 2.13 bits per heavy atom. The summed E-state index contributed by atoms with van der Waals surface area (Å²) in [6, 6.07) is 0. The van der Waals surface area contributed by atoms with Crippen molar-refractivity contribution >= 4 is 5.97 Å². The van der Waals surface area contributed by atoms with Crippen LogP contribution in [0.25, 0.3) is 0 Å². The van der Waals surface area contributed by atoms with Gasteiger partial charge < -0.3 is 14.6 Å². The fourth-order valence-electron chi connectivity index (χ4n) is 0.677. The number of ether oxygens (including phenoxy) is 2. The van der Waals surface area contributed by atoms with Gasteiger partial charge in [-0.25, -0.2) is 4.79 Å². The Hall–Kier alpha value is -0.190. The largest absolute Gasteiger partial charge is 1.00 e. The molecule has 82 valence electrons. The zero-order valence-corrected chi connectivity index (χ0v) is 12.3. The molecule has 0 aromatic heterocycles. The predicted molar refractivity (Wildman–Crippen MR) is 50.2 cm³/mol. The van der Waals surface area contributed by atoms with E-state index in [2.05, 4.69) is 4.74 Å². The Balaban J connectivity index is 0. The Morgan fingerprint density at radius 2 is 1.80 bits per heavy atom. The van der Waals surface area contributed by atoms with Crippen molar-refractivity contribution in [2.45, 2.75) is 40.2 Å². The van der Waals surface area contributed by atoms with Gasteiger partial charge in [0.25, 0.3) is 0 Å². The van der Waals surface area contributed by atoms with Gasteiger partial charge in [-0.05, 0) is 34.3 Å². The van der Waals surface area contributed by atoms with Crippen molar-refractivity contribution in [1.29, 1.82) is 0 Å². The van der Waals surface area contributed by atoms with E-state index in [9.17, 15) is 9.90 Å². The van der Waals surface area contributed by atoms with E-state index < -0.39 is 17.5 Å². The molecule has 15 heavy (non-hydrogen) atoms. The topological polar surface area (TPSA) is 58.6 Å². The summed E-state index contributed by atoms with van der Waals surface area (Å²) in [5.41, 5.74) is -0.619. The third-order valence-electron chi connectivity index (χ3n) is 1.29. The number of hydrogen-bond donors (Lipinski definition) is 0. The molecule has 0 heterocycles. The monoisotopic (exact) mass is 224 g/mol. The molecule has 0 saturated carbocycles. The van der Waals surface area contributed by atoms with Gasteiger partial charge >= 0.3 is 35.5 Å². The molecular weight excluding hydrogens is 207 g/mol. The van der Waals surface area contributed by atoms with E-state index in [-0.39, 0.29) is 41.7 Å². The van der Waals surface area contributed by atoms with Gasteiger partial charge in [-0.1, -0.05) is 6.92 Å². The van der Waals surface area contributed by atoms with Crippen molar-refractivity contribution in [3.8, 4) is 0 Å².